The van der Waals surface area contributed by atoms with E-state index in [1.807, 2.05) is 0 Å². The van der Waals surface area contributed by atoms with Crippen LogP contribution in [-0.2, 0) is 0 Å². The summed E-state index contributed by atoms with van der Waals surface area (Å²) in [6.07, 6.45) is 2.06. The molecule has 1 fully saturated rings. The predicted octanol–water partition coefficient (Wildman–Crippen LogP) is 4.01. The highest BCUT2D eigenvalue weighted by atomic mass is 19.1. The molecule has 0 unspecified atom stereocenters. The van der Waals surface area contributed by atoms with E-state index in [0.717, 1.165) is 31.6 Å². The predicted molar refractivity (Wildman–Crippen MR) is 98.4 cm³/mol. The number of carboxylic acid groups (broad SMARTS) is 1. The number of nitrogens with zero attached hydrogens (tertiary/aromatic N) is 1. The van der Waals surface area contributed by atoms with Crippen molar-refractivity contribution < 1.29 is 19.1 Å². The van der Waals surface area contributed by atoms with Gasteiger partial charge in [0.1, 0.15) is 5.82 Å². The number of carbonyl (C=O) groups is 2. The van der Waals surface area contributed by atoms with Crippen LogP contribution >= 0.6 is 0 Å². The van der Waals surface area contributed by atoms with E-state index in [1.54, 1.807) is 12.1 Å². The molecule has 0 saturated carbocycles. The molecule has 0 bridgehead atoms. The summed E-state index contributed by atoms with van der Waals surface area (Å²) in [6.45, 7) is 3.86. The number of anilines is 2. The van der Waals surface area contributed by atoms with Crippen molar-refractivity contribution in [3.63, 3.8) is 0 Å². The Morgan fingerprint density at radius 1 is 1.15 bits per heavy atom. The first-order valence-electron chi connectivity index (χ1n) is 8.64. The molecular weight excluding hydrogens is 335 g/mol. The summed E-state index contributed by atoms with van der Waals surface area (Å²) in [5.41, 5.74) is 1.13. The van der Waals surface area contributed by atoms with E-state index in [2.05, 4.69) is 17.1 Å². The third-order valence-electron chi connectivity index (χ3n) is 4.73. The minimum atomic E-state index is -1.08. The molecule has 0 radical (unpaired) electrons. The molecule has 1 amide bonds. The van der Waals surface area contributed by atoms with Crippen LogP contribution in [0, 0.1) is 11.7 Å². The Balaban J connectivity index is 1.92. The van der Waals surface area contributed by atoms with E-state index in [0.29, 0.717) is 11.6 Å². The first-order chi connectivity index (χ1) is 12.5. The molecule has 136 valence electrons. The van der Waals surface area contributed by atoms with Gasteiger partial charge in [0.05, 0.1) is 22.5 Å². The van der Waals surface area contributed by atoms with Gasteiger partial charge in [-0.25, -0.2) is 9.18 Å². The number of hydrogen-bond acceptors (Lipinski definition) is 3. The zero-order valence-corrected chi connectivity index (χ0v) is 14.5. The van der Waals surface area contributed by atoms with Crippen molar-refractivity contribution in [2.75, 3.05) is 23.3 Å². The van der Waals surface area contributed by atoms with E-state index in [1.165, 1.54) is 30.3 Å². The number of halogens is 1. The molecule has 3 rings (SSSR count). The first kappa shape index (κ1) is 17.9. The molecule has 26 heavy (non-hydrogen) atoms. The SMILES string of the molecule is CC1CCN(c2ccc(C(=O)O)cc2NC(=O)c2ccccc2F)CC1. The molecule has 2 aromatic rings. The topological polar surface area (TPSA) is 69.6 Å². The van der Waals surface area contributed by atoms with Gasteiger partial charge in [-0.2, -0.15) is 0 Å². The molecule has 1 aliphatic heterocycles. The number of piperidine rings is 1. The molecule has 2 N–H and O–H groups in total. The summed E-state index contributed by atoms with van der Waals surface area (Å²) in [5, 5.41) is 11.9. The number of hydrogen-bond donors (Lipinski definition) is 2. The van der Waals surface area contributed by atoms with E-state index in [4.69, 9.17) is 0 Å². The molecule has 1 aliphatic rings. The largest absolute Gasteiger partial charge is 0.478 e. The number of aromatic carboxylic acids is 1. The van der Waals surface area contributed by atoms with Crippen molar-refractivity contribution in [3.8, 4) is 0 Å². The summed E-state index contributed by atoms with van der Waals surface area (Å²) in [4.78, 5) is 25.9. The smallest absolute Gasteiger partial charge is 0.335 e. The Bertz CT molecular complexity index is 830. The van der Waals surface area contributed by atoms with E-state index in [9.17, 15) is 19.1 Å². The van der Waals surface area contributed by atoms with Crippen molar-refractivity contribution >= 4 is 23.3 Å². The maximum absolute atomic E-state index is 13.9. The van der Waals surface area contributed by atoms with Gasteiger partial charge in [-0.1, -0.05) is 19.1 Å². The van der Waals surface area contributed by atoms with Crippen molar-refractivity contribution in [3.05, 3.63) is 59.4 Å². The second kappa shape index (κ2) is 7.56. The van der Waals surface area contributed by atoms with Gasteiger partial charge < -0.3 is 15.3 Å². The van der Waals surface area contributed by atoms with Gasteiger partial charge in [-0.15, -0.1) is 0 Å². The first-order valence-corrected chi connectivity index (χ1v) is 8.64. The summed E-state index contributed by atoms with van der Waals surface area (Å²) >= 11 is 0. The highest BCUT2D eigenvalue weighted by Crippen LogP contribution is 2.31. The standard InChI is InChI=1S/C20H21FN2O3/c1-13-8-10-23(11-9-13)18-7-6-14(20(25)26)12-17(18)22-19(24)15-4-2-3-5-16(15)21/h2-7,12-13H,8-11H2,1H3,(H,22,24)(H,25,26). The van der Waals surface area contributed by atoms with Gasteiger partial charge in [-0.3, -0.25) is 4.79 Å². The molecule has 1 saturated heterocycles. The van der Waals surface area contributed by atoms with E-state index >= 15 is 0 Å². The Kier molecular flexibility index (Phi) is 5.21. The van der Waals surface area contributed by atoms with Crippen LogP contribution in [0.5, 0.6) is 0 Å². The van der Waals surface area contributed by atoms with Crippen LogP contribution in [0.3, 0.4) is 0 Å². The van der Waals surface area contributed by atoms with Crippen LogP contribution in [0.2, 0.25) is 0 Å². The molecular formula is C20H21FN2O3. The van der Waals surface area contributed by atoms with Gasteiger partial charge in [0.2, 0.25) is 0 Å². The Morgan fingerprint density at radius 3 is 2.50 bits per heavy atom. The van der Waals surface area contributed by atoms with Gasteiger partial charge in [0, 0.05) is 13.1 Å². The van der Waals surface area contributed by atoms with Crippen molar-refractivity contribution in [2.45, 2.75) is 19.8 Å². The highest BCUT2D eigenvalue weighted by Gasteiger charge is 2.21. The van der Waals surface area contributed by atoms with Crippen LogP contribution in [0.1, 0.15) is 40.5 Å². The lowest BCUT2D eigenvalue weighted by molar-refractivity contribution is 0.0696. The fourth-order valence-electron chi connectivity index (χ4n) is 3.13. The summed E-state index contributed by atoms with van der Waals surface area (Å²) in [6, 6.07) is 10.4. The number of carboxylic acids is 1. The van der Waals surface area contributed by atoms with Crippen LogP contribution in [-0.4, -0.2) is 30.1 Å². The second-order valence-corrected chi connectivity index (χ2v) is 6.64. The molecule has 2 aromatic carbocycles. The van der Waals surface area contributed by atoms with Gasteiger partial charge in [-0.05, 0) is 49.1 Å². The fraction of sp³-hybridized carbons (Fsp3) is 0.300. The van der Waals surface area contributed by atoms with Crippen molar-refractivity contribution in [2.24, 2.45) is 5.92 Å². The minimum Gasteiger partial charge on any atom is -0.478 e. The lowest BCUT2D eigenvalue weighted by Gasteiger charge is -2.33. The number of rotatable bonds is 4. The lowest BCUT2D eigenvalue weighted by Crippen LogP contribution is -2.33. The van der Waals surface area contributed by atoms with Gasteiger partial charge >= 0.3 is 5.97 Å². The number of amides is 1. The molecule has 0 aliphatic carbocycles. The Labute approximate surface area is 151 Å². The molecule has 6 heteroatoms. The molecule has 0 spiro atoms. The third kappa shape index (κ3) is 3.85. The minimum absolute atomic E-state index is 0.0722. The summed E-state index contributed by atoms with van der Waals surface area (Å²) in [5.74, 6) is -1.66. The number of benzene rings is 2. The third-order valence-corrected chi connectivity index (χ3v) is 4.73. The zero-order chi connectivity index (χ0) is 18.7. The van der Waals surface area contributed by atoms with Gasteiger partial charge in [0.15, 0.2) is 0 Å². The normalized spacial score (nSPS) is 14.9. The van der Waals surface area contributed by atoms with Crippen molar-refractivity contribution in [1.82, 2.24) is 0 Å². The van der Waals surface area contributed by atoms with Crippen LogP contribution in [0.25, 0.3) is 0 Å². The summed E-state index contributed by atoms with van der Waals surface area (Å²) in [7, 11) is 0. The molecule has 1 heterocycles. The van der Waals surface area contributed by atoms with Crippen LogP contribution in [0.4, 0.5) is 15.8 Å². The maximum atomic E-state index is 13.9. The second-order valence-electron chi connectivity index (χ2n) is 6.64. The Hall–Kier alpha value is -2.89. The Morgan fingerprint density at radius 2 is 1.85 bits per heavy atom. The van der Waals surface area contributed by atoms with Gasteiger partial charge in [0.25, 0.3) is 5.91 Å². The molecule has 0 aromatic heterocycles. The number of carbonyl (C=O) groups excluding carboxylic acids is 1. The lowest BCUT2D eigenvalue weighted by atomic mass is 9.98. The molecule has 5 nitrogen and oxygen atoms in total. The average molecular weight is 356 g/mol. The fourth-order valence-corrected chi connectivity index (χ4v) is 3.13. The maximum Gasteiger partial charge on any atom is 0.335 e. The van der Waals surface area contributed by atoms with E-state index < -0.39 is 17.7 Å². The molecule has 0 atom stereocenters. The number of nitrogens with one attached hydrogen (secondary N) is 1. The summed E-state index contributed by atoms with van der Waals surface area (Å²) < 4.78 is 13.9. The van der Waals surface area contributed by atoms with Crippen molar-refractivity contribution in [1.29, 1.82) is 0 Å². The van der Waals surface area contributed by atoms with Crippen LogP contribution in [0.15, 0.2) is 42.5 Å². The highest BCUT2D eigenvalue weighted by molar-refractivity contribution is 6.07. The monoisotopic (exact) mass is 356 g/mol. The average Bonchev–Trinajstić information content (AvgIpc) is 2.62. The quantitative estimate of drug-likeness (QED) is 0.868. The van der Waals surface area contributed by atoms with Crippen LogP contribution < -0.4 is 10.2 Å². The zero-order valence-electron chi connectivity index (χ0n) is 14.5. The van der Waals surface area contributed by atoms with E-state index in [-0.39, 0.29) is 11.1 Å².